The normalized spacial score (nSPS) is 16.4. The zero-order chi connectivity index (χ0) is 16.4. The van der Waals surface area contributed by atoms with E-state index in [1.54, 1.807) is 0 Å². The quantitative estimate of drug-likeness (QED) is 0.734. The van der Waals surface area contributed by atoms with Gasteiger partial charge < -0.3 is 9.42 Å². The minimum atomic E-state index is 0.152. The number of para-hydroxylation sites is 1. The zero-order valence-corrected chi connectivity index (χ0v) is 14.2. The predicted octanol–water partition coefficient (Wildman–Crippen LogP) is 3.24. The highest BCUT2D eigenvalue weighted by molar-refractivity contribution is 7.12. The van der Waals surface area contributed by atoms with Gasteiger partial charge in [0.25, 0.3) is 5.91 Å². The molecule has 0 aliphatic carbocycles. The third-order valence-corrected chi connectivity index (χ3v) is 5.29. The Labute approximate surface area is 144 Å². The maximum Gasteiger partial charge on any atom is 0.263 e. The van der Waals surface area contributed by atoms with E-state index >= 15 is 0 Å². The van der Waals surface area contributed by atoms with Crippen molar-refractivity contribution in [2.24, 2.45) is 0 Å². The van der Waals surface area contributed by atoms with Crippen LogP contribution in [0.3, 0.4) is 0 Å². The van der Waals surface area contributed by atoms with Crippen LogP contribution in [0.2, 0.25) is 0 Å². The van der Waals surface area contributed by atoms with Crippen molar-refractivity contribution in [1.29, 1.82) is 0 Å². The molecule has 1 amide bonds. The fourth-order valence-electron chi connectivity index (χ4n) is 3.15. The highest BCUT2D eigenvalue weighted by Gasteiger charge is 2.22. The lowest BCUT2D eigenvalue weighted by atomic mass is 10.2. The first kappa shape index (κ1) is 15.4. The Bertz CT molecular complexity index is 828. The molecule has 1 fully saturated rings. The highest BCUT2D eigenvalue weighted by atomic mass is 32.1. The Kier molecular flexibility index (Phi) is 4.32. The number of carbonyl (C=O) groups excluding carboxylic acids is 1. The molecule has 3 aromatic rings. The van der Waals surface area contributed by atoms with E-state index in [9.17, 15) is 4.79 Å². The molecule has 0 unspecified atom stereocenters. The lowest BCUT2D eigenvalue weighted by molar-refractivity contribution is 0.0766. The summed E-state index contributed by atoms with van der Waals surface area (Å²) in [5, 5.41) is 7.25. The van der Waals surface area contributed by atoms with Gasteiger partial charge in [-0.2, -0.15) is 0 Å². The van der Waals surface area contributed by atoms with Crippen LogP contribution < -0.4 is 0 Å². The number of benzene rings is 1. The van der Waals surface area contributed by atoms with E-state index in [0.717, 1.165) is 60.7 Å². The van der Waals surface area contributed by atoms with E-state index in [4.69, 9.17) is 4.52 Å². The van der Waals surface area contributed by atoms with E-state index in [2.05, 4.69) is 10.1 Å². The van der Waals surface area contributed by atoms with Crippen LogP contribution in [0.15, 0.2) is 46.3 Å². The van der Waals surface area contributed by atoms with Crippen LogP contribution in [0.4, 0.5) is 0 Å². The summed E-state index contributed by atoms with van der Waals surface area (Å²) in [4.78, 5) is 17.6. The van der Waals surface area contributed by atoms with Crippen LogP contribution in [-0.4, -0.2) is 47.0 Å². The Balaban J connectivity index is 1.42. The molecule has 1 aromatic carbocycles. The fourth-order valence-corrected chi connectivity index (χ4v) is 3.84. The average Bonchev–Trinajstić information content (AvgIpc) is 3.21. The van der Waals surface area contributed by atoms with Gasteiger partial charge in [0.15, 0.2) is 5.58 Å². The summed E-state index contributed by atoms with van der Waals surface area (Å²) in [7, 11) is 0. The van der Waals surface area contributed by atoms with Gasteiger partial charge in [0.05, 0.1) is 4.88 Å². The molecule has 0 atom stereocenters. The first-order chi connectivity index (χ1) is 11.8. The Morgan fingerprint density at radius 3 is 2.92 bits per heavy atom. The second kappa shape index (κ2) is 6.75. The summed E-state index contributed by atoms with van der Waals surface area (Å²) >= 11 is 1.51. The predicted molar refractivity (Wildman–Crippen MR) is 94.1 cm³/mol. The summed E-state index contributed by atoms with van der Waals surface area (Å²) in [6.07, 6.45) is 0.979. The molecule has 5 nitrogen and oxygen atoms in total. The number of fused-ring (bicyclic) bond motifs is 1. The maximum atomic E-state index is 12.5. The van der Waals surface area contributed by atoms with Gasteiger partial charge in [0.1, 0.15) is 5.69 Å². The highest BCUT2D eigenvalue weighted by Crippen LogP contribution is 2.20. The third kappa shape index (κ3) is 3.07. The Morgan fingerprint density at radius 2 is 2.04 bits per heavy atom. The molecule has 0 spiro atoms. The monoisotopic (exact) mass is 341 g/mol. The number of rotatable bonds is 3. The molecule has 1 aliphatic rings. The van der Waals surface area contributed by atoms with E-state index in [0.29, 0.717) is 0 Å². The van der Waals surface area contributed by atoms with Gasteiger partial charge in [-0.05, 0) is 30.0 Å². The summed E-state index contributed by atoms with van der Waals surface area (Å²) in [5.74, 6) is 0.152. The van der Waals surface area contributed by atoms with Gasteiger partial charge in [-0.1, -0.05) is 23.4 Å². The number of hydrogen-bond acceptors (Lipinski definition) is 5. The number of amides is 1. The van der Waals surface area contributed by atoms with Gasteiger partial charge in [0.2, 0.25) is 0 Å². The Morgan fingerprint density at radius 1 is 1.12 bits per heavy atom. The van der Waals surface area contributed by atoms with E-state index in [1.807, 2.05) is 46.7 Å². The largest absolute Gasteiger partial charge is 0.356 e. The second-order valence-corrected chi connectivity index (χ2v) is 6.97. The topological polar surface area (TPSA) is 49.6 Å². The van der Waals surface area contributed by atoms with Crippen molar-refractivity contribution in [3.05, 3.63) is 52.3 Å². The van der Waals surface area contributed by atoms with E-state index in [1.165, 1.54) is 11.3 Å². The molecule has 24 heavy (non-hydrogen) atoms. The summed E-state index contributed by atoms with van der Waals surface area (Å²) in [6.45, 7) is 4.16. The smallest absolute Gasteiger partial charge is 0.263 e. The number of carbonyl (C=O) groups is 1. The van der Waals surface area contributed by atoms with Gasteiger partial charge >= 0.3 is 0 Å². The van der Waals surface area contributed by atoms with Crippen LogP contribution in [0.5, 0.6) is 0 Å². The molecule has 0 saturated carbocycles. The van der Waals surface area contributed by atoms with Gasteiger partial charge in [-0.25, -0.2) is 0 Å². The van der Waals surface area contributed by atoms with Crippen molar-refractivity contribution < 1.29 is 9.32 Å². The average molecular weight is 341 g/mol. The molecule has 1 aliphatic heterocycles. The second-order valence-electron chi connectivity index (χ2n) is 6.02. The van der Waals surface area contributed by atoms with Gasteiger partial charge in [0, 0.05) is 38.1 Å². The van der Waals surface area contributed by atoms with Crippen LogP contribution >= 0.6 is 11.3 Å². The molecular weight excluding hydrogens is 322 g/mol. The van der Waals surface area contributed by atoms with Crippen molar-refractivity contribution in [3.63, 3.8) is 0 Å². The van der Waals surface area contributed by atoms with Crippen molar-refractivity contribution in [3.8, 4) is 0 Å². The van der Waals surface area contributed by atoms with Crippen LogP contribution in [0.1, 0.15) is 21.8 Å². The van der Waals surface area contributed by atoms with Crippen molar-refractivity contribution in [2.75, 3.05) is 26.2 Å². The molecule has 124 valence electrons. The van der Waals surface area contributed by atoms with Crippen LogP contribution in [0, 0.1) is 0 Å². The summed E-state index contributed by atoms with van der Waals surface area (Å²) < 4.78 is 5.39. The van der Waals surface area contributed by atoms with Gasteiger partial charge in [-0.3, -0.25) is 9.69 Å². The molecule has 0 bridgehead atoms. The van der Waals surface area contributed by atoms with E-state index in [-0.39, 0.29) is 5.91 Å². The first-order valence-corrected chi connectivity index (χ1v) is 9.07. The first-order valence-electron chi connectivity index (χ1n) is 8.20. The minimum Gasteiger partial charge on any atom is -0.356 e. The molecule has 0 radical (unpaired) electrons. The lowest BCUT2D eigenvalue weighted by Crippen LogP contribution is -2.34. The maximum absolute atomic E-state index is 12.5. The number of aromatic nitrogens is 1. The number of hydrogen-bond donors (Lipinski definition) is 0. The van der Waals surface area contributed by atoms with Crippen molar-refractivity contribution >= 4 is 28.2 Å². The molecule has 6 heteroatoms. The van der Waals surface area contributed by atoms with Crippen LogP contribution in [0.25, 0.3) is 11.0 Å². The lowest BCUT2D eigenvalue weighted by Gasteiger charge is -2.21. The number of nitrogens with zero attached hydrogens (tertiary/aromatic N) is 3. The molecular formula is C18H19N3O2S. The number of thiophene rings is 1. The molecule has 4 rings (SSSR count). The standard InChI is InChI=1S/C18H19N3O2S/c22-18(17-7-3-12-24-17)21-9-4-8-20(10-11-21)13-15-14-5-1-2-6-16(14)23-19-15/h1-3,5-7,12H,4,8-11,13H2. The van der Waals surface area contributed by atoms with E-state index < -0.39 is 0 Å². The summed E-state index contributed by atoms with van der Waals surface area (Å²) in [5.41, 5.74) is 1.81. The molecule has 3 heterocycles. The third-order valence-electron chi connectivity index (χ3n) is 4.43. The van der Waals surface area contributed by atoms with Crippen molar-refractivity contribution in [2.45, 2.75) is 13.0 Å². The van der Waals surface area contributed by atoms with Gasteiger partial charge in [-0.15, -0.1) is 11.3 Å². The zero-order valence-electron chi connectivity index (χ0n) is 13.4. The van der Waals surface area contributed by atoms with Crippen molar-refractivity contribution in [1.82, 2.24) is 15.0 Å². The fraction of sp³-hybridized carbons (Fsp3) is 0.333. The SMILES string of the molecule is O=C(c1cccs1)N1CCCN(Cc2noc3ccccc23)CC1. The molecule has 2 aromatic heterocycles. The van der Waals surface area contributed by atoms with Crippen LogP contribution in [-0.2, 0) is 6.54 Å². The summed E-state index contributed by atoms with van der Waals surface area (Å²) in [6, 6.07) is 11.8. The minimum absolute atomic E-state index is 0.152. The Hall–Kier alpha value is -2.18. The molecule has 1 saturated heterocycles. The molecule has 0 N–H and O–H groups in total.